The number of hydrogen-bond acceptors (Lipinski definition) is 22. The predicted octanol–water partition coefficient (Wildman–Crippen LogP) is 6.37. The molecule has 1 aliphatic rings. The second kappa shape index (κ2) is 19.1. The minimum Gasteiger partial charge on any atom is -0.491 e. The fraction of sp³-hybridized carbons (Fsp3) is 0.152. The molecule has 5 aromatic rings. The molecule has 0 amide bonds. The predicted molar refractivity (Wildman–Crippen MR) is 216 cm³/mol. The van der Waals surface area contributed by atoms with Crippen molar-refractivity contribution in [1.82, 2.24) is 15.0 Å². The number of aldehydes is 1. The van der Waals surface area contributed by atoms with Crippen molar-refractivity contribution < 1.29 is 63.1 Å². The van der Waals surface area contributed by atoms with Crippen molar-refractivity contribution in [3.8, 4) is 5.75 Å². The van der Waals surface area contributed by atoms with Crippen LogP contribution in [0, 0.1) is 0 Å². The smallest absolute Gasteiger partial charge is 0.294 e. The molecule has 24 nitrogen and oxygen atoms in total. The number of hydrogen-bond donors (Lipinski definition) is 6. The summed E-state index contributed by atoms with van der Waals surface area (Å²) in [7, 11) is -13.3. The lowest BCUT2D eigenvalue weighted by Crippen LogP contribution is -2.15. The van der Waals surface area contributed by atoms with Crippen LogP contribution in [-0.2, 0) is 39.7 Å². The Hall–Kier alpha value is -6.08. The lowest BCUT2D eigenvalue weighted by Gasteiger charge is -2.15. The molecule has 61 heavy (non-hydrogen) atoms. The lowest BCUT2D eigenvalue weighted by atomic mass is 10.2. The Morgan fingerprint density at radius 2 is 1.38 bits per heavy atom. The summed E-state index contributed by atoms with van der Waals surface area (Å²) in [4.78, 5) is 26.4. The Labute approximate surface area is 350 Å². The maximum absolute atomic E-state index is 12.2. The van der Waals surface area contributed by atoms with Gasteiger partial charge in [0.25, 0.3) is 30.4 Å². The summed E-state index contributed by atoms with van der Waals surface area (Å²) in [5.41, 5.74) is 1.29. The highest BCUT2D eigenvalue weighted by Crippen LogP contribution is 2.35. The number of rotatable bonds is 20. The van der Waals surface area contributed by atoms with Gasteiger partial charge in [-0.15, -0.1) is 4.33 Å². The van der Waals surface area contributed by atoms with E-state index in [9.17, 15) is 43.7 Å². The summed E-state index contributed by atoms with van der Waals surface area (Å²) in [6.45, 7) is -0.360. The van der Waals surface area contributed by atoms with Crippen molar-refractivity contribution >= 4 is 101 Å². The summed E-state index contributed by atoms with van der Waals surface area (Å²) in [6.07, 6.45) is 0.381. The molecule has 1 saturated heterocycles. The van der Waals surface area contributed by atoms with Crippen LogP contribution in [0.5, 0.6) is 5.75 Å². The molecule has 28 heteroatoms. The Morgan fingerprint density at radius 3 is 1.98 bits per heavy atom. The molecule has 6 rings (SSSR count). The highest BCUT2D eigenvalue weighted by molar-refractivity contribution is 7.94. The van der Waals surface area contributed by atoms with Gasteiger partial charge in [-0.25, -0.2) is 5.26 Å². The Bertz CT molecular complexity index is 2840. The van der Waals surface area contributed by atoms with Crippen LogP contribution in [0.25, 0.3) is 0 Å². The van der Waals surface area contributed by atoms with Crippen LogP contribution in [0.2, 0.25) is 0 Å². The number of aromatic nitrogens is 3. The molecule has 1 aromatic heterocycles. The van der Waals surface area contributed by atoms with Crippen molar-refractivity contribution in [3.05, 3.63) is 90.5 Å². The molecule has 1 aliphatic heterocycles. The number of ether oxygens (including phenoxy) is 1. The molecule has 1 unspecified atom stereocenters. The van der Waals surface area contributed by atoms with Gasteiger partial charge in [0.15, 0.2) is 11.7 Å². The van der Waals surface area contributed by atoms with Gasteiger partial charge < -0.3 is 20.3 Å². The number of nitrogens with zero attached hydrogens (tertiary/aromatic N) is 8. The highest BCUT2D eigenvalue weighted by Gasteiger charge is 2.46. The molecule has 0 aliphatic carbocycles. The largest absolute Gasteiger partial charge is 0.491 e. The molecule has 2 heterocycles. The summed E-state index contributed by atoms with van der Waals surface area (Å²) in [6, 6.07) is 20.3. The molecule has 0 bridgehead atoms. The Morgan fingerprint density at radius 1 is 0.770 bits per heavy atom. The highest BCUT2D eigenvalue weighted by atomic mass is 32.2. The lowest BCUT2D eigenvalue weighted by molar-refractivity contribution is -0.432. The van der Waals surface area contributed by atoms with E-state index < -0.39 is 46.4 Å². The van der Waals surface area contributed by atoms with Gasteiger partial charge in [-0.2, -0.15) is 60.7 Å². The van der Waals surface area contributed by atoms with Crippen molar-refractivity contribution in [1.29, 1.82) is 0 Å². The van der Waals surface area contributed by atoms with E-state index in [0.29, 0.717) is 28.9 Å². The molecule has 1 fully saturated rings. The topological polar surface area (TPSA) is 343 Å². The Kier molecular flexibility index (Phi) is 13.9. The maximum Gasteiger partial charge on any atom is 0.294 e. The van der Waals surface area contributed by atoms with E-state index in [-0.39, 0.29) is 77.2 Å². The van der Waals surface area contributed by atoms with Gasteiger partial charge in [0.2, 0.25) is 17.8 Å². The molecular formula is C33H30N10O14S4. The third-order valence-corrected chi connectivity index (χ3v) is 11.2. The van der Waals surface area contributed by atoms with Crippen LogP contribution in [0.3, 0.4) is 0 Å². The molecule has 1 atom stereocenters. The van der Waals surface area contributed by atoms with Crippen molar-refractivity contribution in [2.75, 3.05) is 34.4 Å². The van der Waals surface area contributed by atoms with Crippen molar-refractivity contribution in [2.45, 2.75) is 21.6 Å². The van der Waals surface area contributed by atoms with Gasteiger partial charge in [-0.3, -0.25) is 18.5 Å². The Balaban J connectivity index is 1.29. The quantitative estimate of drug-likeness (QED) is 0.00721. The first-order valence-corrected chi connectivity index (χ1v) is 22.3. The molecule has 0 radical (unpaired) electrons. The van der Waals surface area contributed by atoms with Crippen LogP contribution in [-0.4, -0.2) is 89.7 Å². The van der Waals surface area contributed by atoms with Crippen molar-refractivity contribution in [2.24, 2.45) is 20.5 Å². The number of anilines is 5. The summed E-state index contributed by atoms with van der Waals surface area (Å²) in [5.74, 6) is -1.11. The minimum atomic E-state index is -4.53. The van der Waals surface area contributed by atoms with E-state index in [1.54, 1.807) is 24.3 Å². The molecule has 0 saturated carbocycles. The van der Waals surface area contributed by atoms with Gasteiger partial charge in [-0.1, -0.05) is 17.2 Å². The molecule has 6 N–H and O–H groups in total. The van der Waals surface area contributed by atoms with Gasteiger partial charge in [0.05, 0.1) is 70.0 Å². The number of azo groups is 2. The van der Waals surface area contributed by atoms with E-state index >= 15 is 0 Å². The van der Waals surface area contributed by atoms with Crippen LogP contribution in [0.4, 0.5) is 52.0 Å². The number of carbonyl (C=O) groups is 1. The van der Waals surface area contributed by atoms with Gasteiger partial charge in [0.1, 0.15) is 5.75 Å². The van der Waals surface area contributed by atoms with Gasteiger partial charge >= 0.3 is 0 Å². The zero-order valence-corrected chi connectivity index (χ0v) is 33.9. The van der Waals surface area contributed by atoms with E-state index in [1.165, 1.54) is 54.6 Å². The summed E-state index contributed by atoms with van der Waals surface area (Å²) in [5, 5.41) is 32.9. The first kappa shape index (κ1) is 44.5. The number of carbonyl (C=O) groups excluding carboxylic acids is 1. The SMILES string of the molecule is O=Cc1cc(N=Nc2cccc(S(=O)(=O)O)c2)ccc1Nc1nc(Nc2ccc(N=Nc3cccc(SOOO)c3)cc2OCCCS(=O)(=O)O)nc(N2CC2S(=O)(=O)O)n1. The van der Waals surface area contributed by atoms with Crippen LogP contribution < -0.4 is 20.3 Å². The molecule has 4 aromatic carbocycles. The van der Waals surface area contributed by atoms with Crippen LogP contribution >= 0.6 is 12.0 Å². The fourth-order valence-corrected chi connectivity index (χ4v) is 7.24. The number of benzene rings is 4. The normalized spacial score (nSPS) is 14.4. The molecule has 0 spiro atoms. The van der Waals surface area contributed by atoms with Crippen LogP contribution in [0.1, 0.15) is 16.8 Å². The summed E-state index contributed by atoms with van der Waals surface area (Å²) < 4.78 is 108. The van der Waals surface area contributed by atoms with Gasteiger partial charge in [-0.05, 0) is 73.2 Å². The van der Waals surface area contributed by atoms with Crippen LogP contribution in [0.15, 0.2) is 115 Å². The second-order valence-electron chi connectivity index (χ2n) is 12.3. The number of nitrogens with one attached hydrogen (secondary N) is 2. The maximum atomic E-state index is 12.2. The molecule has 320 valence electrons. The molecular weight excluding hydrogens is 889 g/mol. The third kappa shape index (κ3) is 13.0. The van der Waals surface area contributed by atoms with Crippen molar-refractivity contribution in [3.63, 3.8) is 0 Å². The zero-order chi connectivity index (χ0) is 43.8. The van der Waals surface area contributed by atoms with E-state index in [2.05, 4.69) is 55.4 Å². The summed E-state index contributed by atoms with van der Waals surface area (Å²) >= 11 is 0.716. The standard InChI is InChI=1S/C33H30N10O14S4/c44-19-20-14-23(41-40-22-5-2-7-26(16-22)60(49,50)51)8-10-27(20)34-31-36-32(38-33(37-31)43-18-30(43)61(52,53)54)35-28-11-9-24(17-29(28)55-12-3-13-59(46,47)48)42-39-21-4-1-6-25(15-21)58-57-56-45/h1-2,4-11,14-17,19,30,45H,3,12-13,18H2,(H,46,47,48)(H,49,50,51)(H,52,53,54)(H2,34,35,36,37,38). The second-order valence-corrected chi connectivity index (χ2v) is 17.7. The monoisotopic (exact) mass is 918 g/mol. The van der Waals surface area contributed by atoms with E-state index in [0.717, 1.165) is 11.0 Å². The first-order valence-electron chi connectivity index (χ1n) is 17.0. The van der Waals surface area contributed by atoms with E-state index in [4.69, 9.17) is 9.99 Å². The zero-order valence-electron chi connectivity index (χ0n) is 30.6. The third-order valence-electron chi connectivity index (χ3n) is 7.87. The van der Waals surface area contributed by atoms with Gasteiger partial charge in [0, 0.05) is 16.5 Å². The average molecular weight is 919 g/mol. The first-order chi connectivity index (χ1) is 29.0. The fourth-order valence-electron chi connectivity index (χ4n) is 5.06. The average Bonchev–Trinajstić information content (AvgIpc) is 4.03. The van der Waals surface area contributed by atoms with E-state index in [1.807, 2.05) is 0 Å². The minimum absolute atomic E-state index is 0.0328.